The Labute approximate surface area is 150 Å². The number of nitrogens with zero attached hydrogens (tertiary/aromatic N) is 1. The average Bonchev–Trinajstić information content (AvgIpc) is 3.21. The highest BCUT2D eigenvalue weighted by atomic mass is 32.1. The zero-order valence-corrected chi connectivity index (χ0v) is 15.2. The van der Waals surface area contributed by atoms with E-state index in [9.17, 15) is 4.79 Å². The van der Waals surface area contributed by atoms with E-state index in [1.54, 1.807) is 4.57 Å². The average molecular weight is 364 g/mol. The molecule has 7 heteroatoms. The summed E-state index contributed by atoms with van der Waals surface area (Å²) < 4.78 is 7.84. The van der Waals surface area contributed by atoms with Crippen LogP contribution in [0.4, 0.5) is 5.82 Å². The van der Waals surface area contributed by atoms with Crippen molar-refractivity contribution in [1.29, 1.82) is 0 Å². The summed E-state index contributed by atoms with van der Waals surface area (Å²) in [5.41, 5.74) is 8.33. The largest absolute Gasteiger partial charge is 0.383 e. The van der Waals surface area contributed by atoms with Crippen molar-refractivity contribution < 1.29 is 9.53 Å². The van der Waals surface area contributed by atoms with E-state index in [1.807, 2.05) is 24.3 Å². The molecule has 3 N–H and O–H groups in total. The van der Waals surface area contributed by atoms with Crippen molar-refractivity contribution >= 4 is 35.3 Å². The van der Waals surface area contributed by atoms with Crippen LogP contribution >= 0.6 is 23.6 Å². The molecule has 3 rings (SSSR count). The van der Waals surface area contributed by atoms with E-state index in [0.29, 0.717) is 21.2 Å². The standard InChI is InChI=1S/C17H21N3O2S2/c1-2-11-5-7-12(8-6-11)20-15(18)14(24-17(20)23)16(21)19-10-13-4-3-9-22-13/h5-8,13H,2-4,9-10,18H2,1H3,(H,19,21)/t13-/m1/s1. The Morgan fingerprint density at radius 3 is 2.83 bits per heavy atom. The maximum atomic E-state index is 12.4. The number of rotatable bonds is 5. The maximum absolute atomic E-state index is 12.4. The number of carbonyl (C=O) groups is 1. The number of nitrogen functional groups attached to an aromatic ring is 1. The van der Waals surface area contributed by atoms with Gasteiger partial charge in [-0.2, -0.15) is 0 Å². The number of aryl methyl sites for hydroxylation is 1. The van der Waals surface area contributed by atoms with Crippen LogP contribution < -0.4 is 11.1 Å². The molecule has 0 radical (unpaired) electrons. The Balaban J connectivity index is 1.80. The smallest absolute Gasteiger partial charge is 0.265 e. The summed E-state index contributed by atoms with van der Waals surface area (Å²) in [4.78, 5) is 12.9. The van der Waals surface area contributed by atoms with Crippen molar-refractivity contribution in [2.45, 2.75) is 32.3 Å². The van der Waals surface area contributed by atoms with Crippen LogP contribution in [-0.4, -0.2) is 29.7 Å². The summed E-state index contributed by atoms with van der Waals surface area (Å²) in [5.74, 6) is 0.196. The lowest BCUT2D eigenvalue weighted by Gasteiger charge is -2.11. The predicted molar refractivity (Wildman–Crippen MR) is 99.6 cm³/mol. The van der Waals surface area contributed by atoms with Crippen LogP contribution in [-0.2, 0) is 11.2 Å². The van der Waals surface area contributed by atoms with Crippen LogP contribution in [0.1, 0.15) is 35.0 Å². The van der Waals surface area contributed by atoms with Gasteiger partial charge < -0.3 is 15.8 Å². The monoisotopic (exact) mass is 363 g/mol. The van der Waals surface area contributed by atoms with Crippen molar-refractivity contribution in [3.8, 4) is 5.69 Å². The van der Waals surface area contributed by atoms with Gasteiger partial charge in [-0.15, -0.1) is 0 Å². The fourth-order valence-corrected chi connectivity index (χ4v) is 4.05. The first-order valence-electron chi connectivity index (χ1n) is 8.10. The summed E-state index contributed by atoms with van der Waals surface area (Å²) in [7, 11) is 0. The van der Waals surface area contributed by atoms with Gasteiger partial charge in [-0.05, 0) is 49.2 Å². The van der Waals surface area contributed by atoms with E-state index in [2.05, 4.69) is 12.2 Å². The van der Waals surface area contributed by atoms with Gasteiger partial charge in [-0.25, -0.2) is 0 Å². The van der Waals surface area contributed by atoms with Crippen LogP contribution in [0.2, 0.25) is 0 Å². The first kappa shape index (κ1) is 17.1. The number of ether oxygens (including phenoxy) is 1. The molecule has 2 heterocycles. The molecule has 0 saturated carbocycles. The number of benzene rings is 1. The lowest BCUT2D eigenvalue weighted by Crippen LogP contribution is -2.31. The van der Waals surface area contributed by atoms with Crippen LogP contribution in [0.3, 0.4) is 0 Å². The zero-order chi connectivity index (χ0) is 17.1. The Morgan fingerprint density at radius 1 is 1.46 bits per heavy atom. The summed E-state index contributed by atoms with van der Waals surface area (Å²) in [6.45, 7) is 3.38. The highest BCUT2D eigenvalue weighted by molar-refractivity contribution is 7.73. The summed E-state index contributed by atoms with van der Waals surface area (Å²) in [6, 6.07) is 8.05. The number of carbonyl (C=O) groups excluding carboxylic acids is 1. The minimum absolute atomic E-state index is 0.104. The summed E-state index contributed by atoms with van der Waals surface area (Å²) >= 11 is 6.65. The summed E-state index contributed by atoms with van der Waals surface area (Å²) in [6.07, 6.45) is 3.11. The SMILES string of the molecule is CCc1ccc(-n2c(N)c(C(=O)NC[C@H]3CCCO3)sc2=S)cc1. The van der Waals surface area contributed by atoms with Crippen LogP contribution in [0.25, 0.3) is 5.69 Å². The topological polar surface area (TPSA) is 69.3 Å². The van der Waals surface area contributed by atoms with E-state index in [4.69, 9.17) is 22.7 Å². The van der Waals surface area contributed by atoms with E-state index in [-0.39, 0.29) is 12.0 Å². The molecule has 0 unspecified atom stereocenters. The van der Waals surface area contributed by atoms with Gasteiger partial charge in [0.2, 0.25) is 0 Å². The van der Waals surface area contributed by atoms with Crippen molar-refractivity contribution in [2.75, 3.05) is 18.9 Å². The van der Waals surface area contributed by atoms with Crippen molar-refractivity contribution in [3.05, 3.63) is 38.7 Å². The van der Waals surface area contributed by atoms with Crippen molar-refractivity contribution in [1.82, 2.24) is 9.88 Å². The number of anilines is 1. The van der Waals surface area contributed by atoms with Gasteiger partial charge in [0.15, 0.2) is 3.95 Å². The molecule has 5 nitrogen and oxygen atoms in total. The van der Waals surface area contributed by atoms with Gasteiger partial charge in [0.25, 0.3) is 5.91 Å². The highest BCUT2D eigenvalue weighted by Crippen LogP contribution is 2.26. The first-order chi connectivity index (χ1) is 11.6. The van der Waals surface area contributed by atoms with E-state index in [0.717, 1.165) is 31.6 Å². The maximum Gasteiger partial charge on any atom is 0.265 e. The highest BCUT2D eigenvalue weighted by Gasteiger charge is 2.21. The number of aromatic nitrogens is 1. The second-order valence-electron chi connectivity index (χ2n) is 5.78. The Morgan fingerprint density at radius 2 is 2.21 bits per heavy atom. The molecule has 24 heavy (non-hydrogen) atoms. The zero-order valence-electron chi connectivity index (χ0n) is 13.6. The number of thiazole rings is 1. The molecule has 1 aromatic carbocycles. The van der Waals surface area contributed by atoms with E-state index < -0.39 is 0 Å². The number of amides is 1. The van der Waals surface area contributed by atoms with Crippen molar-refractivity contribution in [3.63, 3.8) is 0 Å². The molecule has 0 spiro atoms. The minimum atomic E-state index is -0.192. The van der Waals surface area contributed by atoms with Crippen LogP contribution in [0, 0.1) is 3.95 Å². The Hall–Kier alpha value is -1.70. The fraction of sp³-hybridized carbons (Fsp3) is 0.412. The van der Waals surface area contributed by atoms with Gasteiger partial charge in [0.05, 0.1) is 6.10 Å². The van der Waals surface area contributed by atoms with Gasteiger partial charge in [0.1, 0.15) is 10.7 Å². The Bertz CT molecular complexity index is 774. The van der Waals surface area contributed by atoms with Crippen LogP contribution in [0.5, 0.6) is 0 Å². The van der Waals surface area contributed by atoms with Gasteiger partial charge in [-0.3, -0.25) is 9.36 Å². The normalized spacial score (nSPS) is 17.1. The molecule has 1 aromatic heterocycles. The molecule has 128 valence electrons. The second kappa shape index (κ2) is 7.46. The molecule has 1 saturated heterocycles. The molecule has 1 fully saturated rings. The number of hydrogen-bond acceptors (Lipinski definition) is 5. The quantitative estimate of drug-likeness (QED) is 0.800. The van der Waals surface area contributed by atoms with E-state index >= 15 is 0 Å². The Kier molecular flexibility index (Phi) is 5.33. The predicted octanol–water partition coefficient (Wildman–Crippen LogP) is 3.32. The molecular weight excluding hydrogens is 342 g/mol. The first-order valence-corrected chi connectivity index (χ1v) is 9.33. The number of hydrogen-bond donors (Lipinski definition) is 2. The lowest BCUT2D eigenvalue weighted by molar-refractivity contribution is 0.0861. The third kappa shape index (κ3) is 3.53. The molecule has 1 aliphatic rings. The molecule has 1 amide bonds. The number of nitrogens with two attached hydrogens (primary N) is 1. The van der Waals surface area contributed by atoms with Gasteiger partial charge in [-0.1, -0.05) is 30.4 Å². The van der Waals surface area contributed by atoms with Crippen LogP contribution in [0.15, 0.2) is 24.3 Å². The molecular formula is C17H21N3O2S2. The fourth-order valence-electron chi connectivity index (χ4n) is 2.77. The number of nitrogens with one attached hydrogen (secondary N) is 1. The molecule has 0 bridgehead atoms. The van der Waals surface area contributed by atoms with Gasteiger partial charge >= 0.3 is 0 Å². The molecule has 0 aliphatic carbocycles. The summed E-state index contributed by atoms with van der Waals surface area (Å²) in [5, 5.41) is 2.90. The minimum Gasteiger partial charge on any atom is -0.383 e. The molecule has 1 aliphatic heterocycles. The second-order valence-corrected chi connectivity index (χ2v) is 7.43. The third-order valence-corrected chi connectivity index (χ3v) is 5.56. The lowest BCUT2D eigenvalue weighted by atomic mass is 10.1. The molecule has 2 aromatic rings. The van der Waals surface area contributed by atoms with Crippen molar-refractivity contribution in [2.24, 2.45) is 0 Å². The van der Waals surface area contributed by atoms with E-state index in [1.165, 1.54) is 16.9 Å². The molecule has 1 atom stereocenters. The third-order valence-electron chi connectivity index (χ3n) is 4.17. The van der Waals surface area contributed by atoms with Gasteiger partial charge in [0, 0.05) is 18.8 Å².